The first-order valence-electron chi connectivity index (χ1n) is 6.43. The van der Waals surface area contributed by atoms with E-state index in [0.717, 1.165) is 28.6 Å². The minimum Gasteiger partial charge on any atom is -0.395 e. The molecule has 4 nitrogen and oxygen atoms in total. The lowest BCUT2D eigenvalue weighted by Gasteiger charge is -2.25. The Morgan fingerprint density at radius 2 is 2.42 bits per heavy atom. The van der Waals surface area contributed by atoms with Crippen LogP contribution < -0.4 is 0 Å². The predicted octanol–water partition coefficient (Wildman–Crippen LogP) is 1.82. The minimum atomic E-state index is 0.0878. The average molecular weight is 303 g/mol. The number of halogens is 1. The van der Waals surface area contributed by atoms with Gasteiger partial charge >= 0.3 is 0 Å². The summed E-state index contributed by atoms with van der Waals surface area (Å²) in [5.74, 6) is 0.0878. The topological polar surface area (TPSA) is 43.8 Å². The molecule has 1 saturated heterocycles. The van der Waals surface area contributed by atoms with Gasteiger partial charge in [0.25, 0.3) is 0 Å². The summed E-state index contributed by atoms with van der Waals surface area (Å²) in [6.45, 7) is 2.02. The van der Waals surface area contributed by atoms with Gasteiger partial charge in [-0.2, -0.15) is 0 Å². The van der Waals surface area contributed by atoms with Crippen LogP contribution in [0.5, 0.6) is 0 Å². The zero-order valence-corrected chi connectivity index (χ0v) is 12.6. The standard InChI is InChI=1S/C13H19ClN2O2S/c1-15(7-11-4-5-12(14)19-11)13(18)8-16-6-2-3-10(16)9-17/h4-5,10,17H,2-3,6-9H2,1H3/t10-/m1/s1. The number of thiophene rings is 1. The third-order valence-corrected chi connectivity index (χ3v) is 4.71. The van der Waals surface area contributed by atoms with Gasteiger partial charge in [0.2, 0.25) is 5.91 Å². The lowest BCUT2D eigenvalue weighted by atomic mass is 10.2. The van der Waals surface area contributed by atoms with Gasteiger partial charge in [-0.3, -0.25) is 9.69 Å². The van der Waals surface area contributed by atoms with Gasteiger partial charge in [-0.15, -0.1) is 11.3 Å². The molecule has 1 aliphatic heterocycles. The number of aliphatic hydroxyl groups is 1. The molecule has 1 aromatic rings. The van der Waals surface area contributed by atoms with Crippen molar-refractivity contribution >= 4 is 28.8 Å². The highest BCUT2D eigenvalue weighted by Crippen LogP contribution is 2.22. The van der Waals surface area contributed by atoms with Gasteiger partial charge in [-0.05, 0) is 31.5 Å². The normalized spacial score (nSPS) is 19.8. The molecule has 2 rings (SSSR count). The highest BCUT2D eigenvalue weighted by atomic mass is 35.5. The molecule has 6 heteroatoms. The van der Waals surface area contributed by atoms with Crippen molar-refractivity contribution in [2.45, 2.75) is 25.4 Å². The summed E-state index contributed by atoms with van der Waals surface area (Å²) in [5.41, 5.74) is 0. The van der Waals surface area contributed by atoms with Gasteiger partial charge in [0, 0.05) is 18.0 Å². The maximum absolute atomic E-state index is 12.1. The summed E-state index contributed by atoms with van der Waals surface area (Å²) in [6.07, 6.45) is 2.04. The van der Waals surface area contributed by atoms with Gasteiger partial charge in [-0.25, -0.2) is 0 Å². The van der Waals surface area contributed by atoms with Crippen LogP contribution in [0, 0.1) is 0 Å². The first-order valence-corrected chi connectivity index (χ1v) is 7.62. The van der Waals surface area contributed by atoms with E-state index in [9.17, 15) is 9.90 Å². The second-order valence-electron chi connectivity index (χ2n) is 4.90. The number of amides is 1. The van der Waals surface area contributed by atoms with Gasteiger partial charge in [-0.1, -0.05) is 11.6 Å². The molecule has 0 radical (unpaired) electrons. The first-order chi connectivity index (χ1) is 9.10. The summed E-state index contributed by atoms with van der Waals surface area (Å²) < 4.78 is 0.746. The van der Waals surface area contributed by atoms with E-state index in [2.05, 4.69) is 4.90 Å². The van der Waals surface area contributed by atoms with E-state index in [0.29, 0.717) is 13.1 Å². The third kappa shape index (κ3) is 3.92. The fourth-order valence-electron chi connectivity index (χ4n) is 2.36. The van der Waals surface area contributed by atoms with E-state index >= 15 is 0 Å². The molecule has 1 amide bonds. The Bertz CT molecular complexity index is 438. The Kier molecular flexibility index (Phi) is 5.21. The fraction of sp³-hybridized carbons (Fsp3) is 0.615. The lowest BCUT2D eigenvalue weighted by Crippen LogP contribution is -2.41. The highest BCUT2D eigenvalue weighted by molar-refractivity contribution is 7.16. The molecule has 0 saturated carbocycles. The van der Waals surface area contributed by atoms with Crippen LogP contribution in [0.1, 0.15) is 17.7 Å². The maximum atomic E-state index is 12.1. The Morgan fingerprint density at radius 3 is 3.05 bits per heavy atom. The van der Waals surface area contributed by atoms with Gasteiger partial charge in [0.05, 0.1) is 24.0 Å². The van der Waals surface area contributed by atoms with Gasteiger partial charge in [0.15, 0.2) is 0 Å². The average Bonchev–Trinajstić information content (AvgIpc) is 2.98. The van der Waals surface area contributed by atoms with Crippen molar-refractivity contribution in [3.63, 3.8) is 0 Å². The van der Waals surface area contributed by atoms with Gasteiger partial charge < -0.3 is 10.0 Å². The molecule has 0 spiro atoms. The molecular weight excluding hydrogens is 284 g/mol. The van der Waals surface area contributed by atoms with Crippen LogP contribution in [0.25, 0.3) is 0 Å². The van der Waals surface area contributed by atoms with Crippen LogP contribution in [0.15, 0.2) is 12.1 Å². The molecule has 1 aromatic heterocycles. The predicted molar refractivity (Wildman–Crippen MR) is 77.5 cm³/mol. The number of carbonyl (C=O) groups is 1. The van der Waals surface area contributed by atoms with Crippen molar-refractivity contribution in [3.05, 3.63) is 21.3 Å². The molecule has 1 aliphatic rings. The number of rotatable bonds is 5. The molecule has 1 atom stereocenters. The number of likely N-dealkylation sites (N-methyl/N-ethyl adjacent to an activating group) is 1. The van der Waals surface area contributed by atoms with E-state index < -0.39 is 0 Å². The second kappa shape index (κ2) is 6.70. The van der Waals surface area contributed by atoms with Crippen LogP contribution in [0.2, 0.25) is 4.34 Å². The largest absolute Gasteiger partial charge is 0.395 e. The van der Waals surface area contributed by atoms with Gasteiger partial charge in [0.1, 0.15) is 0 Å². The van der Waals surface area contributed by atoms with Crippen LogP contribution in [-0.4, -0.2) is 53.6 Å². The number of aliphatic hydroxyl groups excluding tert-OH is 1. The van der Waals surface area contributed by atoms with Crippen molar-refractivity contribution in [2.75, 3.05) is 26.7 Å². The highest BCUT2D eigenvalue weighted by Gasteiger charge is 2.26. The molecule has 0 aliphatic carbocycles. The second-order valence-corrected chi connectivity index (χ2v) is 6.70. The molecular formula is C13H19ClN2O2S. The van der Waals surface area contributed by atoms with Crippen LogP contribution in [-0.2, 0) is 11.3 Å². The van der Waals surface area contributed by atoms with Crippen molar-refractivity contribution < 1.29 is 9.90 Å². The third-order valence-electron chi connectivity index (χ3n) is 3.50. The first kappa shape index (κ1) is 14.8. The van der Waals surface area contributed by atoms with E-state index in [1.54, 1.807) is 11.9 Å². The summed E-state index contributed by atoms with van der Waals surface area (Å²) in [7, 11) is 1.81. The van der Waals surface area contributed by atoms with Crippen LogP contribution in [0.4, 0.5) is 0 Å². The Morgan fingerprint density at radius 1 is 1.63 bits per heavy atom. The number of likely N-dealkylation sites (tertiary alicyclic amines) is 1. The molecule has 0 bridgehead atoms. The minimum absolute atomic E-state index is 0.0878. The smallest absolute Gasteiger partial charge is 0.236 e. The summed E-state index contributed by atoms with van der Waals surface area (Å²) in [6, 6.07) is 3.94. The van der Waals surface area contributed by atoms with Crippen LogP contribution >= 0.6 is 22.9 Å². The molecule has 0 unspecified atom stereocenters. The number of hydrogen-bond acceptors (Lipinski definition) is 4. The SMILES string of the molecule is CN(Cc1ccc(Cl)s1)C(=O)CN1CCC[C@@H]1CO. The fourth-order valence-corrected chi connectivity index (χ4v) is 3.50. The molecule has 2 heterocycles. The molecule has 106 valence electrons. The lowest BCUT2D eigenvalue weighted by molar-refractivity contribution is -0.132. The van der Waals surface area contributed by atoms with E-state index in [1.165, 1.54) is 11.3 Å². The van der Waals surface area contributed by atoms with Crippen molar-refractivity contribution in [1.82, 2.24) is 9.80 Å². The summed E-state index contributed by atoms with van der Waals surface area (Å²) in [4.78, 5) is 17.0. The number of nitrogens with zero attached hydrogens (tertiary/aromatic N) is 2. The van der Waals surface area contributed by atoms with E-state index in [4.69, 9.17) is 11.6 Å². The Hall–Kier alpha value is -0.620. The van der Waals surface area contributed by atoms with Crippen molar-refractivity contribution in [1.29, 1.82) is 0 Å². The Labute approximate surface area is 122 Å². The summed E-state index contributed by atoms with van der Waals surface area (Å²) >= 11 is 7.38. The molecule has 1 N–H and O–H groups in total. The quantitative estimate of drug-likeness (QED) is 0.902. The molecule has 0 aromatic carbocycles. The zero-order chi connectivity index (χ0) is 13.8. The van der Waals surface area contributed by atoms with Crippen LogP contribution in [0.3, 0.4) is 0 Å². The zero-order valence-electron chi connectivity index (χ0n) is 11.0. The molecule has 19 heavy (non-hydrogen) atoms. The Balaban J connectivity index is 1.85. The molecule has 1 fully saturated rings. The monoisotopic (exact) mass is 302 g/mol. The van der Waals surface area contributed by atoms with E-state index in [1.807, 2.05) is 12.1 Å². The van der Waals surface area contributed by atoms with Crippen molar-refractivity contribution in [2.24, 2.45) is 0 Å². The maximum Gasteiger partial charge on any atom is 0.236 e. The van der Waals surface area contributed by atoms with Crippen molar-refractivity contribution in [3.8, 4) is 0 Å². The number of carbonyl (C=O) groups excluding carboxylic acids is 1. The summed E-state index contributed by atoms with van der Waals surface area (Å²) in [5, 5.41) is 9.25. The van der Waals surface area contributed by atoms with E-state index in [-0.39, 0.29) is 18.6 Å². The number of hydrogen-bond donors (Lipinski definition) is 1.